The molecule has 1 amide bonds. The van der Waals surface area contributed by atoms with Crippen molar-refractivity contribution in [3.05, 3.63) is 35.4 Å². The van der Waals surface area contributed by atoms with Crippen molar-refractivity contribution in [3.8, 4) is 0 Å². The van der Waals surface area contributed by atoms with Crippen molar-refractivity contribution < 1.29 is 27.5 Å². The van der Waals surface area contributed by atoms with E-state index in [-0.39, 0.29) is 30.5 Å². The number of amides is 1. The van der Waals surface area contributed by atoms with E-state index < -0.39 is 17.6 Å². The summed E-state index contributed by atoms with van der Waals surface area (Å²) in [5.41, 5.74) is -1.29. The maximum absolute atomic E-state index is 13.0. The number of alkyl halides is 3. The number of methoxy groups -OCH3 is 1. The Morgan fingerprint density at radius 2 is 1.77 bits per heavy atom. The molecule has 22 heavy (non-hydrogen) atoms. The monoisotopic (exact) mass is 315 g/mol. The van der Waals surface area contributed by atoms with Crippen molar-refractivity contribution in [2.24, 2.45) is 5.92 Å². The normalized spacial score (nSPS) is 16.5. The third-order valence-corrected chi connectivity index (χ3v) is 3.78. The summed E-state index contributed by atoms with van der Waals surface area (Å²) in [6.45, 7) is 0.482. The fraction of sp³-hybridized carbons (Fsp3) is 0.467. The van der Waals surface area contributed by atoms with Crippen LogP contribution in [0.3, 0.4) is 0 Å². The van der Waals surface area contributed by atoms with Crippen LogP contribution in [0.25, 0.3) is 0 Å². The number of ether oxygens (including phenoxy) is 1. The first-order valence-corrected chi connectivity index (χ1v) is 6.88. The molecule has 0 saturated carbocycles. The molecule has 1 heterocycles. The van der Waals surface area contributed by atoms with Gasteiger partial charge in [0, 0.05) is 13.1 Å². The van der Waals surface area contributed by atoms with Crippen LogP contribution in [0.5, 0.6) is 0 Å². The average Bonchev–Trinajstić information content (AvgIpc) is 2.52. The first-order chi connectivity index (χ1) is 10.3. The van der Waals surface area contributed by atoms with Crippen LogP contribution in [0.2, 0.25) is 0 Å². The largest absolute Gasteiger partial charge is 0.469 e. The Kier molecular flexibility index (Phi) is 4.73. The van der Waals surface area contributed by atoms with Crippen molar-refractivity contribution >= 4 is 11.9 Å². The van der Waals surface area contributed by atoms with Gasteiger partial charge in [-0.25, -0.2) is 0 Å². The van der Waals surface area contributed by atoms with Gasteiger partial charge in [-0.05, 0) is 25.0 Å². The smallest absolute Gasteiger partial charge is 0.417 e. The van der Waals surface area contributed by atoms with E-state index in [1.165, 1.54) is 30.2 Å². The summed E-state index contributed by atoms with van der Waals surface area (Å²) in [4.78, 5) is 25.1. The molecule has 0 radical (unpaired) electrons. The lowest BCUT2D eigenvalue weighted by molar-refractivity contribution is -0.146. The van der Waals surface area contributed by atoms with E-state index in [0.29, 0.717) is 12.8 Å². The predicted octanol–water partition coefficient (Wildman–Crippen LogP) is 2.73. The minimum Gasteiger partial charge on any atom is -0.469 e. The fourth-order valence-corrected chi connectivity index (χ4v) is 2.57. The second-order valence-electron chi connectivity index (χ2n) is 5.13. The topological polar surface area (TPSA) is 46.6 Å². The predicted molar refractivity (Wildman–Crippen MR) is 72.1 cm³/mol. The van der Waals surface area contributed by atoms with Gasteiger partial charge in [-0.1, -0.05) is 12.1 Å². The lowest BCUT2D eigenvalue weighted by atomic mass is 9.96. The summed E-state index contributed by atoms with van der Waals surface area (Å²) < 4.78 is 43.5. The Labute approximate surface area is 125 Å². The van der Waals surface area contributed by atoms with Gasteiger partial charge in [0.25, 0.3) is 5.91 Å². The lowest BCUT2D eigenvalue weighted by Gasteiger charge is -2.31. The number of carbonyl (C=O) groups is 2. The molecule has 1 aromatic carbocycles. The second-order valence-corrected chi connectivity index (χ2v) is 5.13. The summed E-state index contributed by atoms with van der Waals surface area (Å²) in [5.74, 6) is -1.30. The summed E-state index contributed by atoms with van der Waals surface area (Å²) in [5, 5.41) is 0. The average molecular weight is 315 g/mol. The Morgan fingerprint density at radius 3 is 2.32 bits per heavy atom. The standard InChI is InChI=1S/C15H16F3NO3/c1-22-14(21)10-6-8-19(9-7-10)13(20)11-4-2-3-5-12(11)15(16,17)18/h2-5,10H,6-9H2,1H3. The van der Waals surface area contributed by atoms with E-state index in [1.54, 1.807) is 0 Å². The molecular formula is C15H16F3NO3. The van der Waals surface area contributed by atoms with Crippen LogP contribution >= 0.6 is 0 Å². The number of hydrogen-bond donors (Lipinski definition) is 0. The highest BCUT2D eigenvalue weighted by molar-refractivity contribution is 5.96. The van der Waals surface area contributed by atoms with Gasteiger partial charge in [0.15, 0.2) is 0 Å². The van der Waals surface area contributed by atoms with Crippen LogP contribution < -0.4 is 0 Å². The van der Waals surface area contributed by atoms with E-state index >= 15 is 0 Å². The van der Waals surface area contributed by atoms with Crippen LogP contribution in [-0.4, -0.2) is 37.0 Å². The van der Waals surface area contributed by atoms with Crippen molar-refractivity contribution in [1.29, 1.82) is 0 Å². The fourth-order valence-electron chi connectivity index (χ4n) is 2.57. The second kappa shape index (κ2) is 6.37. The molecule has 4 nitrogen and oxygen atoms in total. The Morgan fingerprint density at radius 1 is 1.18 bits per heavy atom. The van der Waals surface area contributed by atoms with Crippen LogP contribution in [0, 0.1) is 5.92 Å². The number of benzene rings is 1. The summed E-state index contributed by atoms with van der Waals surface area (Å²) in [7, 11) is 1.29. The zero-order valence-electron chi connectivity index (χ0n) is 12.0. The van der Waals surface area contributed by atoms with Gasteiger partial charge < -0.3 is 9.64 Å². The van der Waals surface area contributed by atoms with Crippen LogP contribution in [0.4, 0.5) is 13.2 Å². The third kappa shape index (κ3) is 3.40. The molecule has 120 valence electrons. The van der Waals surface area contributed by atoms with Gasteiger partial charge in [-0.15, -0.1) is 0 Å². The van der Waals surface area contributed by atoms with Crippen molar-refractivity contribution in [1.82, 2.24) is 4.90 Å². The molecule has 1 fully saturated rings. The van der Waals surface area contributed by atoms with Crippen LogP contribution in [0.15, 0.2) is 24.3 Å². The maximum Gasteiger partial charge on any atom is 0.417 e. The SMILES string of the molecule is COC(=O)C1CCN(C(=O)c2ccccc2C(F)(F)F)CC1. The van der Waals surface area contributed by atoms with Gasteiger partial charge >= 0.3 is 12.1 Å². The van der Waals surface area contributed by atoms with Gasteiger partial charge in [-0.2, -0.15) is 13.2 Å². The highest BCUT2D eigenvalue weighted by Crippen LogP contribution is 2.33. The number of hydrogen-bond acceptors (Lipinski definition) is 3. The lowest BCUT2D eigenvalue weighted by Crippen LogP contribution is -2.41. The minimum atomic E-state index is -4.57. The molecule has 1 aromatic rings. The molecule has 7 heteroatoms. The molecule has 0 atom stereocenters. The zero-order chi connectivity index (χ0) is 16.3. The third-order valence-electron chi connectivity index (χ3n) is 3.78. The number of nitrogens with zero attached hydrogens (tertiary/aromatic N) is 1. The van der Waals surface area contributed by atoms with E-state index in [2.05, 4.69) is 4.74 Å². The summed E-state index contributed by atoms with van der Waals surface area (Å²) in [6.07, 6.45) is -3.78. The number of likely N-dealkylation sites (tertiary alicyclic amines) is 1. The molecule has 2 rings (SSSR count). The molecule has 0 aromatic heterocycles. The number of halogens is 3. The Bertz CT molecular complexity index is 563. The van der Waals surface area contributed by atoms with Gasteiger partial charge in [0.05, 0.1) is 24.2 Å². The molecular weight excluding hydrogens is 299 g/mol. The zero-order valence-corrected chi connectivity index (χ0v) is 12.0. The van der Waals surface area contributed by atoms with Crippen molar-refractivity contribution in [2.45, 2.75) is 19.0 Å². The molecule has 0 spiro atoms. The van der Waals surface area contributed by atoms with Crippen LogP contribution in [-0.2, 0) is 15.7 Å². The molecule has 1 aliphatic rings. The van der Waals surface area contributed by atoms with E-state index in [1.807, 2.05) is 0 Å². The van der Waals surface area contributed by atoms with Gasteiger partial charge in [0.1, 0.15) is 0 Å². The highest BCUT2D eigenvalue weighted by atomic mass is 19.4. The van der Waals surface area contributed by atoms with Gasteiger partial charge in [-0.3, -0.25) is 9.59 Å². The van der Waals surface area contributed by atoms with E-state index in [0.717, 1.165) is 6.07 Å². The highest BCUT2D eigenvalue weighted by Gasteiger charge is 2.37. The molecule has 0 aliphatic carbocycles. The Hall–Kier alpha value is -2.05. The maximum atomic E-state index is 13.0. The number of esters is 1. The summed E-state index contributed by atoms with van der Waals surface area (Å²) >= 11 is 0. The first-order valence-electron chi connectivity index (χ1n) is 6.88. The number of piperidine rings is 1. The van der Waals surface area contributed by atoms with E-state index in [9.17, 15) is 22.8 Å². The van der Waals surface area contributed by atoms with Crippen molar-refractivity contribution in [2.75, 3.05) is 20.2 Å². The van der Waals surface area contributed by atoms with Crippen LogP contribution in [0.1, 0.15) is 28.8 Å². The molecule has 1 saturated heterocycles. The number of rotatable bonds is 2. The molecule has 0 unspecified atom stereocenters. The van der Waals surface area contributed by atoms with Gasteiger partial charge in [0.2, 0.25) is 0 Å². The molecule has 0 N–H and O–H groups in total. The first kappa shape index (κ1) is 16.3. The molecule has 0 bridgehead atoms. The number of carbonyl (C=O) groups excluding carboxylic acids is 2. The molecule has 1 aliphatic heterocycles. The minimum absolute atomic E-state index is 0.241. The Balaban J connectivity index is 2.13. The summed E-state index contributed by atoms with van der Waals surface area (Å²) in [6, 6.07) is 4.73. The quantitative estimate of drug-likeness (QED) is 0.788. The van der Waals surface area contributed by atoms with Crippen molar-refractivity contribution in [3.63, 3.8) is 0 Å². The van der Waals surface area contributed by atoms with E-state index in [4.69, 9.17) is 0 Å².